The number of fused-ring (bicyclic) bond motifs is 4. The van der Waals surface area contributed by atoms with Crippen molar-refractivity contribution in [1.29, 1.82) is 0 Å². The van der Waals surface area contributed by atoms with Crippen molar-refractivity contribution in [2.75, 3.05) is 0 Å². The minimum absolute atomic E-state index is 1.26. The molecule has 0 aliphatic heterocycles. The van der Waals surface area contributed by atoms with Crippen LogP contribution in [0.25, 0.3) is 66.7 Å². The molecule has 6 aromatic carbocycles. The molecule has 0 radical (unpaired) electrons. The Morgan fingerprint density at radius 3 is 1.56 bits per heavy atom. The summed E-state index contributed by atoms with van der Waals surface area (Å²) in [5, 5.41) is 10.3. The molecular formula is C34H26. The molecule has 0 amide bonds. The molecule has 0 nitrogen and oxygen atoms in total. The van der Waals surface area contributed by atoms with E-state index < -0.39 is 0 Å². The maximum absolute atomic E-state index is 2.38. The third kappa shape index (κ3) is 3.15. The first-order chi connectivity index (χ1) is 16.8. The number of benzene rings is 6. The second-order valence-electron chi connectivity index (χ2n) is 8.79. The van der Waals surface area contributed by atoms with Crippen LogP contribution in [0.4, 0.5) is 0 Å². The Hall–Kier alpha value is -4.16. The summed E-state index contributed by atoms with van der Waals surface area (Å²) in [6, 6.07) is 39.7. The van der Waals surface area contributed by atoms with Crippen LogP contribution in [0, 0.1) is 0 Å². The average Bonchev–Trinajstić information content (AvgIpc) is 2.91. The van der Waals surface area contributed by atoms with Gasteiger partial charge in [0.1, 0.15) is 0 Å². The van der Waals surface area contributed by atoms with E-state index in [2.05, 4.69) is 135 Å². The van der Waals surface area contributed by atoms with E-state index in [4.69, 9.17) is 0 Å². The van der Waals surface area contributed by atoms with Gasteiger partial charge in [-0.05, 0) is 84.9 Å². The summed E-state index contributed by atoms with van der Waals surface area (Å²) in [6.07, 6.45) is 4.54. The van der Waals surface area contributed by atoms with Crippen molar-refractivity contribution in [3.05, 3.63) is 120 Å². The van der Waals surface area contributed by atoms with Gasteiger partial charge in [0.05, 0.1) is 0 Å². The highest BCUT2D eigenvalue weighted by Crippen LogP contribution is 2.34. The standard InChI is InChI=1S/C34H26/c1-3-27-28(4-2)34(31-17-11-10-16-30(31)33(27)25-13-6-5-7-14-25)26-21-20-24-19-18-23-12-8-9-15-29(23)32(24)22-26/h3-22H,1-2H3/b27-3+,28-4+. The molecule has 0 unspecified atom stereocenters. The summed E-state index contributed by atoms with van der Waals surface area (Å²) in [6.45, 7) is 4.31. The first-order valence-corrected chi connectivity index (χ1v) is 11.9. The minimum Gasteiger partial charge on any atom is -0.0791 e. The van der Waals surface area contributed by atoms with Crippen molar-refractivity contribution in [2.45, 2.75) is 13.8 Å². The van der Waals surface area contributed by atoms with Crippen molar-refractivity contribution >= 4 is 44.5 Å². The largest absolute Gasteiger partial charge is 0.0791 e. The highest BCUT2D eigenvalue weighted by atomic mass is 14.2. The maximum atomic E-state index is 2.38. The topological polar surface area (TPSA) is 0 Å². The van der Waals surface area contributed by atoms with E-state index in [1.807, 2.05) is 0 Å². The third-order valence-corrected chi connectivity index (χ3v) is 6.97. The van der Waals surface area contributed by atoms with E-state index in [-0.39, 0.29) is 0 Å². The van der Waals surface area contributed by atoms with Crippen LogP contribution < -0.4 is 10.4 Å². The molecular weight excluding hydrogens is 408 g/mol. The van der Waals surface area contributed by atoms with Gasteiger partial charge in [-0.1, -0.05) is 115 Å². The van der Waals surface area contributed by atoms with Crippen LogP contribution in [0.2, 0.25) is 0 Å². The predicted octanol–water partition coefficient (Wildman–Crippen LogP) is 8.08. The molecule has 0 aliphatic rings. The third-order valence-electron chi connectivity index (χ3n) is 6.97. The molecule has 6 rings (SSSR count). The van der Waals surface area contributed by atoms with Crippen molar-refractivity contribution in [3.63, 3.8) is 0 Å². The summed E-state index contributed by atoms with van der Waals surface area (Å²) >= 11 is 0. The summed E-state index contributed by atoms with van der Waals surface area (Å²) in [7, 11) is 0. The van der Waals surface area contributed by atoms with Gasteiger partial charge in [0.25, 0.3) is 0 Å². The molecule has 0 heteroatoms. The van der Waals surface area contributed by atoms with Crippen LogP contribution in [0.3, 0.4) is 0 Å². The van der Waals surface area contributed by atoms with Gasteiger partial charge in [-0.25, -0.2) is 0 Å². The zero-order valence-corrected chi connectivity index (χ0v) is 19.5. The molecule has 0 spiro atoms. The van der Waals surface area contributed by atoms with Crippen molar-refractivity contribution in [1.82, 2.24) is 0 Å². The minimum atomic E-state index is 1.26. The zero-order valence-electron chi connectivity index (χ0n) is 19.5. The summed E-state index contributed by atoms with van der Waals surface area (Å²) in [5.41, 5.74) is 5.13. The second kappa shape index (κ2) is 8.32. The van der Waals surface area contributed by atoms with E-state index in [1.54, 1.807) is 0 Å². The van der Waals surface area contributed by atoms with Gasteiger partial charge in [-0.2, -0.15) is 0 Å². The van der Waals surface area contributed by atoms with Gasteiger partial charge in [-0.3, -0.25) is 0 Å². The van der Waals surface area contributed by atoms with Gasteiger partial charge < -0.3 is 0 Å². The lowest BCUT2D eigenvalue weighted by atomic mass is 9.87. The Kier molecular flexibility index (Phi) is 5.00. The Labute approximate surface area is 200 Å². The Morgan fingerprint density at radius 1 is 0.412 bits per heavy atom. The van der Waals surface area contributed by atoms with Crippen LogP contribution in [-0.2, 0) is 0 Å². The molecule has 0 heterocycles. The van der Waals surface area contributed by atoms with Gasteiger partial charge in [0.2, 0.25) is 0 Å². The molecule has 0 saturated carbocycles. The SMILES string of the molecule is C/C=c1/c(-c2ccccc2)c2ccccc2c(-c2ccc3ccc4ccccc4c3c2)/c1=C/C. The Bertz CT molecular complexity index is 1810. The zero-order chi connectivity index (χ0) is 23.1. The van der Waals surface area contributed by atoms with Crippen molar-refractivity contribution in [2.24, 2.45) is 0 Å². The monoisotopic (exact) mass is 434 g/mol. The predicted molar refractivity (Wildman–Crippen MR) is 149 cm³/mol. The van der Waals surface area contributed by atoms with Crippen molar-refractivity contribution < 1.29 is 0 Å². The molecule has 34 heavy (non-hydrogen) atoms. The fourth-order valence-electron chi connectivity index (χ4n) is 5.46. The van der Waals surface area contributed by atoms with Crippen LogP contribution in [-0.4, -0.2) is 0 Å². The first-order valence-electron chi connectivity index (χ1n) is 11.9. The van der Waals surface area contributed by atoms with Gasteiger partial charge in [0, 0.05) is 0 Å². The highest BCUT2D eigenvalue weighted by molar-refractivity contribution is 6.11. The van der Waals surface area contributed by atoms with Crippen molar-refractivity contribution in [3.8, 4) is 22.3 Å². The van der Waals surface area contributed by atoms with E-state index in [9.17, 15) is 0 Å². The van der Waals surface area contributed by atoms with Crippen LogP contribution >= 0.6 is 0 Å². The number of hydrogen-bond acceptors (Lipinski definition) is 0. The second-order valence-corrected chi connectivity index (χ2v) is 8.79. The van der Waals surface area contributed by atoms with Crippen LogP contribution in [0.5, 0.6) is 0 Å². The average molecular weight is 435 g/mol. The highest BCUT2D eigenvalue weighted by Gasteiger charge is 2.14. The van der Waals surface area contributed by atoms with E-state index in [0.29, 0.717) is 0 Å². The van der Waals surface area contributed by atoms with Gasteiger partial charge in [0.15, 0.2) is 0 Å². The Morgan fingerprint density at radius 2 is 0.912 bits per heavy atom. The molecule has 0 N–H and O–H groups in total. The van der Waals surface area contributed by atoms with Crippen LogP contribution in [0.1, 0.15) is 13.8 Å². The number of hydrogen-bond donors (Lipinski definition) is 0. The molecule has 0 aromatic heterocycles. The molecule has 0 saturated heterocycles. The summed E-state index contributed by atoms with van der Waals surface area (Å²) in [4.78, 5) is 0. The lowest BCUT2D eigenvalue weighted by molar-refractivity contribution is 1.50. The quantitative estimate of drug-likeness (QED) is 0.242. The van der Waals surface area contributed by atoms with Gasteiger partial charge in [-0.15, -0.1) is 0 Å². The fraction of sp³-hybridized carbons (Fsp3) is 0.0588. The maximum Gasteiger partial charge on any atom is -0.00296 e. The summed E-state index contributed by atoms with van der Waals surface area (Å²) < 4.78 is 0. The molecule has 0 aliphatic carbocycles. The molecule has 162 valence electrons. The smallest absolute Gasteiger partial charge is 0.00296 e. The molecule has 0 atom stereocenters. The first kappa shape index (κ1) is 20.4. The lowest BCUT2D eigenvalue weighted by Gasteiger charge is -2.16. The Balaban J connectivity index is 1.78. The van der Waals surface area contributed by atoms with E-state index in [0.717, 1.165) is 0 Å². The summed E-state index contributed by atoms with van der Waals surface area (Å²) in [5.74, 6) is 0. The van der Waals surface area contributed by atoms with E-state index in [1.165, 1.54) is 65.0 Å². The van der Waals surface area contributed by atoms with Crippen LogP contribution in [0.15, 0.2) is 109 Å². The molecule has 0 bridgehead atoms. The molecule has 0 fully saturated rings. The van der Waals surface area contributed by atoms with Gasteiger partial charge >= 0.3 is 0 Å². The lowest BCUT2D eigenvalue weighted by Crippen LogP contribution is -2.29. The van der Waals surface area contributed by atoms with E-state index >= 15 is 0 Å². The molecule has 6 aromatic rings. The fourth-order valence-corrected chi connectivity index (χ4v) is 5.46. The normalized spacial score (nSPS) is 12.8. The number of rotatable bonds is 2.